The molecule has 1 amide bonds. The van der Waals surface area contributed by atoms with Gasteiger partial charge in [-0.05, 0) is 24.6 Å². The van der Waals surface area contributed by atoms with E-state index in [9.17, 15) is 9.18 Å². The van der Waals surface area contributed by atoms with Gasteiger partial charge in [-0.1, -0.05) is 18.8 Å². The third-order valence-electron chi connectivity index (χ3n) is 2.57. The molecular formula is C15H18FNO2. The zero-order chi connectivity index (χ0) is 14.3. The van der Waals surface area contributed by atoms with E-state index >= 15 is 0 Å². The Bertz CT molecular complexity index is 503. The molecule has 1 aromatic rings. The van der Waals surface area contributed by atoms with Gasteiger partial charge in [0, 0.05) is 25.6 Å². The first-order valence-electron chi connectivity index (χ1n) is 6.25. The predicted molar refractivity (Wildman–Crippen MR) is 72.2 cm³/mol. The second-order valence-electron chi connectivity index (χ2n) is 4.20. The molecule has 0 aliphatic carbocycles. The number of carbonyl (C=O) groups excluding carboxylic acids is 1. The van der Waals surface area contributed by atoms with Gasteiger partial charge in [-0.25, -0.2) is 4.39 Å². The van der Waals surface area contributed by atoms with Crippen molar-refractivity contribution in [2.75, 3.05) is 20.2 Å². The summed E-state index contributed by atoms with van der Waals surface area (Å²) >= 11 is 0. The fourth-order valence-electron chi connectivity index (χ4n) is 1.63. The second-order valence-corrected chi connectivity index (χ2v) is 4.20. The molecule has 0 saturated carbocycles. The fraction of sp³-hybridized carbons (Fsp3) is 0.400. The highest BCUT2D eigenvalue weighted by molar-refractivity contribution is 5.94. The number of rotatable bonds is 4. The highest BCUT2D eigenvalue weighted by atomic mass is 19.1. The maximum Gasteiger partial charge on any atom is 0.256 e. The minimum atomic E-state index is -0.566. The molecule has 0 aromatic heterocycles. The molecule has 3 nitrogen and oxygen atoms in total. The molecule has 102 valence electrons. The number of aliphatic hydroxyl groups excluding tert-OH is 1. The first-order chi connectivity index (χ1) is 9.10. The maximum absolute atomic E-state index is 13.8. The molecule has 0 spiro atoms. The largest absolute Gasteiger partial charge is 0.395 e. The first kappa shape index (κ1) is 15.2. The minimum absolute atomic E-state index is 0.0200. The summed E-state index contributed by atoms with van der Waals surface area (Å²) in [4.78, 5) is 13.4. The summed E-state index contributed by atoms with van der Waals surface area (Å²) in [6, 6.07) is 4.31. The molecule has 0 saturated heterocycles. The second kappa shape index (κ2) is 7.55. The van der Waals surface area contributed by atoms with Crippen LogP contribution < -0.4 is 0 Å². The molecule has 0 fully saturated rings. The summed E-state index contributed by atoms with van der Waals surface area (Å²) in [5, 5.41) is 8.60. The van der Waals surface area contributed by atoms with Crippen LogP contribution in [0.25, 0.3) is 0 Å². The smallest absolute Gasteiger partial charge is 0.256 e. The van der Waals surface area contributed by atoms with Crippen molar-refractivity contribution in [2.24, 2.45) is 0 Å². The van der Waals surface area contributed by atoms with Crippen molar-refractivity contribution >= 4 is 5.91 Å². The lowest BCUT2D eigenvalue weighted by atomic mass is 10.1. The highest BCUT2D eigenvalue weighted by Crippen LogP contribution is 2.12. The van der Waals surface area contributed by atoms with Crippen molar-refractivity contribution < 1.29 is 14.3 Å². The Morgan fingerprint density at radius 3 is 2.79 bits per heavy atom. The number of nitrogens with zero attached hydrogens (tertiary/aromatic N) is 1. The Kier molecular flexibility index (Phi) is 6.04. The van der Waals surface area contributed by atoms with E-state index in [1.165, 1.54) is 17.0 Å². The van der Waals surface area contributed by atoms with Crippen LogP contribution in [0.4, 0.5) is 4.39 Å². The van der Waals surface area contributed by atoms with Crippen LogP contribution >= 0.6 is 0 Å². The molecule has 4 heteroatoms. The molecule has 19 heavy (non-hydrogen) atoms. The average Bonchev–Trinajstić information content (AvgIpc) is 2.39. The topological polar surface area (TPSA) is 40.5 Å². The fourth-order valence-corrected chi connectivity index (χ4v) is 1.63. The quantitative estimate of drug-likeness (QED) is 0.845. The number of hydrogen-bond acceptors (Lipinski definition) is 2. The van der Waals surface area contributed by atoms with Crippen molar-refractivity contribution in [3.8, 4) is 11.8 Å². The Hall–Kier alpha value is -1.86. The number of benzene rings is 1. The van der Waals surface area contributed by atoms with Gasteiger partial charge in [0.05, 0.1) is 12.2 Å². The maximum atomic E-state index is 13.8. The van der Waals surface area contributed by atoms with Crippen LogP contribution in [0.15, 0.2) is 18.2 Å². The van der Waals surface area contributed by atoms with Crippen LogP contribution in [0.2, 0.25) is 0 Å². The van der Waals surface area contributed by atoms with Crippen molar-refractivity contribution in [1.29, 1.82) is 0 Å². The van der Waals surface area contributed by atoms with Gasteiger partial charge < -0.3 is 10.0 Å². The minimum Gasteiger partial charge on any atom is -0.395 e. The molecule has 0 radical (unpaired) electrons. The van der Waals surface area contributed by atoms with Crippen molar-refractivity contribution in [1.82, 2.24) is 4.90 Å². The normalized spacial score (nSPS) is 9.68. The Balaban J connectivity index is 2.89. The lowest BCUT2D eigenvalue weighted by molar-refractivity contribution is 0.0790. The van der Waals surface area contributed by atoms with Gasteiger partial charge in [0.15, 0.2) is 0 Å². The number of carbonyl (C=O) groups is 1. The molecule has 0 heterocycles. The standard InChI is InChI=1S/C15H18FNO2/c1-3-9-17(2)15(19)13-8-7-12(11-14(13)16)6-4-5-10-18/h7-8,11,18H,3,5,9-10H2,1-2H3. The van der Waals surface area contributed by atoms with Gasteiger partial charge in [0.2, 0.25) is 0 Å². The van der Waals surface area contributed by atoms with Gasteiger partial charge in [0.1, 0.15) is 5.82 Å². The molecular weight excluding hydrogens is 245 g/mol. The highest BCUT2D eigenvalue weighted by Gasteiger charge is 2.15. The van der Waals surface area contributed by atoms with Crippen LogP contribution in [0.3, 0.4) is 0 Å². The van der Waals surface area contributed by atoms with E-state index < -0.39 is 5.82 Å². The summed E-state index contributed by atoms with van der Waals surface area (Å²) in [6.45, 7) is 2.53. The Morgan fingerprint density at radius 2 is 2.21 bits per heavy atom. The van der Waals surface area contributed by atoms with Crippen molar-refractivity contribution in [3.63, 3.8) is 0 Å². The number of aliphatic hydroxyl groups is 1. The van der Waals surface area contributed by atoms with Crippen LogP contribution in [-0.4, -0.2) is 36.1 Å². The molecule has 1 rings (SSSR count). The summed E-state index contributed by atoms with van der Waals surface area (Å²) in [6.07, 6.45) is 1.18. The molecule has 0 aliphatic rings. The van der Waals surface area contributed by atoms with Gasteiger partial charge in [-0.3, -0.25) is 4.79 Å². The van der Waals surface area contributed by atoms with Crippen LogP contribution in [-0.2, 0) is 0 Å². The molecule has 0 bridgehead atoms. The van der Waals surface area contributed by atoms with E-state index in [-0.39, 0.29) is 18.1 Å². The molecule has 1 N–H and O–H groups in total. The van der Waals surface area contributed by atoms with E-state index in [1.54, 1.807) is 13.1 Å². The number of hydrogen-bond donors (Lipinski definition) is 1. The number of amides is 1. The van der Waals surface area contributed by atoms with Gasteiger partial charge >= 0.3 is 0 Å². The average molecular weight is 263 g/mol. The molecule has 0 unspecified atom stereocenters. The van der Waals surface area contributed by atoms with E-state index in [0.29, 0.717) is 18.5 Å². The molecule has 0 atom stereocenters. The van der Waals surface area contributed by atoms with Gasteiger partial charge in [0.25, 0.3) is 5.91 Å². The van der Waals surface area contributed by atoms with Gasteiger partial charge in [-0.2, -0.15) is 0 Å². The van der Waals surface area contributed by atoms with Crippen molar-refractivity contribution in [3.05, 3.63) is 35.1 Å². The third-order valence-corrected chi connectivity index (χ3v) is 2.57. The summed E-state index contributed by atoms with van der Waals surface area (Å²) in [5.74, 6) is 4.55. The van der Waals surface area contributed by atoms with Gasteiger partial charge in [-0.15, -0.1) is 0 Å². The lowest BCUT2D eigenvalue weighted by Crippen LogP contribution is -2.28. The Labute approximate surface area is 113 Å². The summed E-state index contributed by atoms with van der Waals surface area (Å²) in [7, 11) is 1.65. The van der Waals surface area contributed by atoms with E-state index in [4.69, 9.17) is 5.11 Å². The molecule has 0 aliphatic heterocycles. The zero-order valence-corrected chi connectivity index (χ0v) is 11.2. The zero-order valence-electron chi connectivity index (χ0n) is 11.2. The van der Waals surface area contributed by atoms with Crippen LogP contribution in [0.5, 0.6) is 0 Å². The lowest BCUT2D eigenvalue weighted by Gasteiger charge is -2.16. The Morgan fingerprint density at radius 1 is 1.47 bits per heavy atom. The SMILES string of the molecule is CCCN(C)C(=O)c1ccc(C#CCCO)cc1F. The van der Waals surface area contributed by atoms with E-state index in [0.717, 1.165) is 6.42 Å². The summed E-state index contributed by atoms with van der Waals surface area (Å²) < 4.78 is 13.8. The molecule has 1 aromatic carbocycles. The van der Waals surface area contributed by atoms with Crippen LogP contribution in [0, 0.1) is 17.7 Å². The van der Waals surface area contributed by atoms with Crippen molar-refractivity contribution in [2.45, 2.75) is 19.8 Å². The third kappa shape index (κ3) is 4.38. The first-order valence-corrected chi connectivity index (χ1v) is 6.25. The monoisotopic (exact) mass is 263 g/mol. The van der Waals surface area contributed by atoms with Crippen LogP contribution in [0.1, 0.15) is 35.7 Å². The number of halogens is 1. The predicted octanol–water partition coefficient (Wildman–Crippen LogP) is 2.04. The van der Waals surface area contributed by atoms with E-state index in [1.807, 2.05) is 6.92 Å². The summed E-state index contributed by atoms with van der Waals surface area (Å²) in [5.41, 5.74) is 0.560. The van der Waals surface area contributed by atoms with E-state index in [2.05, 4.69) is 11.8 Å².